The number of hydrogen-bond donors (Lipinski definition) is 0. The average molecular weight is 426 g/mol. The smallest absolute Gasteiger partial charge is 0.0468 e. The van der Waals surface area contributed by atoms with Gasteiger partial charge in [-0.1, -0.05) is 102 Å². The Kier molecular flexibility index (Phi) is 5.78. The molecule has 0 atom stereocenters. The molecule has 0 saturated carbocycles. The monoisotopic (exact) mass is 425 g/mol. The molecule has 0 spiro atoms. The van der Waals surface area contributed by atoms with E-state index in [-0.39, 0.29) is 0 Å². The van der Waals surface area contributed by atoms with Crippen molar-refractivity contribution in [3.05, 3.63) is 139 Å². The van der Waals surface area contributed by atoms with E-state index in [4.69, 9.17) is 0 Å². The van der Waals surface area contributed by atoms with E-state index in [1.165, 1.54) is 33.4 Å². The minimum absolute atomic E-state index is 1.14. The maximum absolute atomic E-state index is 2.33. The van der Waals surface area contributed by atoms with Crippen LogP contribution in [-0.2, 0) is 0 Å². The van der Waals surface area contributed by atoms with Crippen LogP contribution in [-0.4, -0.2) is 0 Å². The Bertz CT molecular complexity index is 1290. The van der Waals surface area contributed by atoms with E-state index in [0.29, 0.717) is 0 Å². The number of nitrogens with zero attached hydrogens (tertiary/aromatic N) is 1. The average Bonchev–Trinajstić information content (AvgIpc) is 2.87. The zero-order chi connectivity index (χ0) is 22.6. The molecule has 1 heteroatoms. The van der Waals surface area contributed by atoms with Crippen molar-refractivity contribution in [2.45, 2.75) is 13.8 Å². The first-order chi connectivity index (χ1) is 16.2. The molecule has 0 N–H and O–H groups in total. The van der Waals surface area contributed by atoms with Crippen LogP contribution < -0.4 is 4.90 Å². The van der Waals surface area contributed by atoms with Gasteiger partial charge >= 0.3 is 0 Å². The molecule has 5 aromatic carbocycles. The van der Waals surface area contributed by atoms with E-state index >= 15 is 0 Å². The number of rotatable bonds is 5. The minimum atomic E-state index is 1.14. The fraction of sp³-hybridized carbons (Fsp3) is 0.0625. The van der Waals surface area contributed by atoms with Crippen LogP contribution in [0.5, 0.6) is 0 Å². The van der Waals surface area contributed by atoms with Crippen LogP contribution in [0.15, 0.2) is 127 Å². The third kappa shape index (κ3) is 4.44. The molecular weight excluding hydrogens is 398 g/mol. The molecule has 0 radical (unpaired) electrons. The van der Waals surface area contributed by atoms with Gasteiger partial charge in [0.15, 0.2) is 0 Å². The van der Waals surface area contributed by atoms with Crippen molar-refractivity contribution >= 4 is 17.1 Å². The number of aryl methyl sites for hydroxylation is 2. The van der Waals surface area contributed by atoms with Crippen molar-refractivity contribution in [3.8, 4) is 22.3 Å². The fourth-order valence-corrected chi connectivity index (χ4v) is 4.23. The molecular formula is C32H27N. The molecule has 5 aromatic rings. The summed E-state index contributed by atoms with van der Waals surface area (Å²) in [4.78, 5) is 2.33. The zero-order valence-electron chi connectivity index (χ0n) is 19.1. The van der Waals surface area contributed by atoms with E-state index in [9.17, 15) is 0 Å². The summed E-state index contributed by atoms with van der Waals surface area (Å²) >= 11 is 0. The minimum Gasteiger partial charge on any atom is -0.310 e. The molecule has 160 valence electrons. The molecule has 33 heavy (non-hydrogen) atoms. The van der Waals surface area contributed by atoms with Crippen LogP contribution in [0, 0.1) is 13.8 Å². The summed E-state index contributed by atoms with van der Waals surface area (Å²) in [5, 5.41) is 0. The fourth-order valence-electron chi connectivity index (χ4n) is 4.23. The first kappa shape index (κ1) is 20.8. The Morgan fingerprint density at radius 2 is 0.818 bits per heavy atom. The molecule has 0 aliphatic rings. The number of benzene rings is 5. The first-order valence-corrected chi connectivity index (χ1v) is 11.4. The van der Waals surface area contributed by atoms with E-state index in [1.807, 2.05) is 0 Å². The predicted molar refractivity (Wildman–Crippen MR) is 141 cm³/mol. The summed E-state index contributed by atoms with van der Waals surface area (Å²) < 4.78 is 0. The summed E-state index contributed by atoms with van der Waals surface area (Å²) in [5.74, 6) is 0. The Hall–Kier alpha value is -4.10. The number of hydrogen-bond acceptors (Lipinski definition) is 1. The van der Waals surface area contributed by atoms with E-state index in [1.54, 1.807) is 0 Å². The molecule has 1 nitrogen and oxygen atoms in total. The third-order valence-corrected chi connectivity index (χ3v) is 6.02. The highest BCUT2D eigenvalue weighted by atomic mass is 15.1. The zero-order valence-corrected chi connectivity index (χ0v) is 19.1. The van der Waals surface area contributed by atoms with Crippen LogP contribution in [0.3, 0.4) is 0 Å². The molecule has 0 heterocycles. The summed E-state index contributed by atoms with van der Waals surface area (Å²) in [6, 6.07) is 45.6. The van der Waals surface area contributed by atoms with Gasteiger partial charge in [-0.05, 0) is 72.5 Å². The first-order valence-electron chi connectivity index (χ1n) is 11.4. The largest absolute Gasteiger partial charge is 0.310 e. The molecule has 0 aromatic heterocycles. The second kappa shape index (κ2) is 9.18. The van der Waals surface area contributed by atoms with Crippen molar-refractivity contribution in [2.75, 3.05) is 4.90 Å². The van der Waals surface area contributed by atoms with Gasteiger partial charge in [0, 0.05) is 17.1 Å². The van der Waals surface area contributed by atoms with Gasteiger partial charge in [0.2, 0.25) is 0 Å². The second-order valence-corrected chi connectivity index (χ2v) is 8.47. The third-order valence-electron chi connectivity index (χ3n) is 6.02. The summed E-state index contributed by atoms with van der Waals surface area (Å²) in [7, 11) is 0. The van der Waals surface area contributed by atoms with Crippen molar-refractivity contribution < 1.29 is 0 Å². The molecule has 5 rings (SSSR count). The lowest BCUT2D eigenvalue weighted by Crippen LogP contribution is -2.10. The van der Waals surface area contributed by atoms with Gasteiger partial charge in [-0.25, -0.2) is 0 Å². The SMILES string of the molecule is Cc1ccc(N(c2ccc(C)cc2)c2ccc(-c3ccccc3)c(-c3ccccc3)c2)cc1. The molecule has 0 fully saturated rings. The van der Waals surface area contributed by atoms with E-state index < -0.39 is 0 Å². The van der Waals surface area contributed by atoms with Gasteiger partial charge in [-0.3, -0.25) is 0 Å². The lowest BCUT2D eigenvalue weighted by molar-refractivity contribution is 1.27. The van der Waals surface area contributed by atoms with Crippen LogP contribution >= 0.6 is 0 Å². The highest BCUT2D eigenvalue weighted by molar-refractivity contribution is 5.88. The van der Waals surface area contributed by atoms with Crippen LogP contribution in [0.1, 0.15) is 11.1 Å². The lowest BCUT2D eigenvalue weighted by Gasteiger charge is -2.27. The quantitative estimate of drug-likeness (QED) is 0.271. The highest BCUT2D eigenvalue weighted by Crippen LogP contribution is 2.40. The highest BCUT2D eigenvalue weighted by Gasteiger charge is 2.16. The van der Waals surface area contributed by atoms with Gasteiger partial charge in [-0.15, -0.1) is 0 Å². The summed E-state index contributed by atoms with van der Waals surface area (Å²) in [5.41, 5.74) is 10.8. The van der Waals surface area contributed by atoms with Crippen molar-refractivity contribution in [3.63, 3.8) is 0 Å². The molecule has 0 aliphatic heterocycles. The summed E-state index contributed by atoms with van der Waals surface area (Å²) in [6.45, 7) is 4.25. The Morgan fingerprint density at radius 1 is 0.394 bits per heavy atom. The standard InChI is InChI=1S/C32H27N/c1-24-13-17-28(18-14-24)33(29-19-15-25(2)16-20-29)30-21-22-31(26-9-5-3-6-10-26)32(23-30)27-11-7-4-8-12-27/h3-23H,1-2H3. The van der Waals surface area contributed by atoms with Gasteiger partial charge < -0.3 is 4.90 Å². The molecule has 0 bridgehead atoms. The van der Waals surface area contributed by atoms with Gasteiger partial charge in [0.25, 0.3) is 0 Å². The van der Waals surface area contributed by atoms with Crippen LogP contribution in [0.25, 0.3) is 22.3 Å². The van der Waals surface area contributed by atoms with Crippen molar-refractivity contribution in [2.24, 2.45) is 0 Å². The topological polar surface area (TPSA) is 3.24 Å². The van der Waals surface area contributed by atoms with Crippen LogP contribution in [0.2, 0.25) is 0 Å². The van der Waals surface area contributed by atoms with Crippen LogP contribution in [0.4, 0.5) is 17.1 Å². The lowest BCUT2D eigenvalue weighted by atomic mass is 9.93. The predicted octanol–water partition coefficient (Wildman–Crippen LogP) is 9.11. The Balaban J connectivity index is 1.71. The van der Waals surface area contributed by atoms with Gasteiger partial charge in [0.1, 0.15) is 0 Å². The molecule has 0 aliphatic carbocycles. The Morgan fingerprint density at radius 3 is 1.30 bits per heavy atom. The Labute approximate surface area is 196 Å². The normalized spacial score (nSPS) is 10.7. The molecule has 0 saturated heterocycles. The summed E-state index contributed by atoms with van der Waals surface area (Å²) in [6.07, 6.45) is 0. The maximum atomic E-state index is 2.33. The van der Waals surface area contributed by atoms with Gasteiger partial charge in [0.05, 0.1) is 0 Å². The van der Waals surface area contributed by atoms with E-state index in [0.717, 1.165) is 17.1 Å². The second-order valence-electron chi connectivity index (χ2n) is 8.47. The molecule has 0 amide bonds. The molecule has 0 unspecified atom stereocenters. The van der Waals surface area contributed by atoms with Crippen molar-refractivity contribution in [1.82, 2.24) is 0 Å². The number of anilines is 3. The maximum Gasteiger partial charge on any atom is 0.0468 e. The van der Waals surface area contributed by atoms with Gasteiger partial charge in [-0.2, -0.15) is 0 Å². The van der Waals surface area contributed by atoms with E-state index in [2.05, 4.69) is 146 Å². The van der Waals surface area contributed by atoms with Crippen molar-refractivity contribution in [1.29, 1.82) is 0 Å².